The lowest BCUT2D eigenvalue weighted by Gasteiger charge is -2.12. The molecular formula is C9H8N2O2. The van der Waals surface area contributed by atoms with Gasteiger partial charge < -0.3 is 5.11 Å². The van der Waals surface area contributed by atoms with Crippen molar-refractivity contribution in [1.82, 2.24) is 0 Å². The number of rotatable bonds is 1. The summed E-state index contributed by atoms with van der Waals surface area (Å²) in [5.41, 5.74) is 0.432. The molecule has 0 spiro atoms. The average molecular weight is 176 g/mol. The van der Waals surface area contributed by atoms with E-state index in [9.17, 15) is 9.90 Å². The maximum atomic E-state index is 11.2. The van der Waals surface area contributed by atoms with Gasteiger partial charge in [0.15, 0.2) is 0 Å². The third kappa shape index (κ3) is 1.26. The molecule has 0 aromatic heterocycles. The highest BCUT2D eigenvalue weighted by atomic mass is 16.3. The lowest BCUT2D eigenvalue weighted by atomic mass is 10.3. The summed E-state index contributed by atoms with van der Waals surface area (Å²) >= 11 is 0. The van der Waals surface area contributed by atoms with E-state index in [1.54, 1.807) is 18.2 Å². The number of carbonyl (C=O) groups excluding carboxylic acids is 1. The largest absolute Gasteiger partial charge is 0.506 e. The van der Waals surface area contributed by atoms with E-state index in [-0.39, 0.29) is 11.7 Å². The lowest BCUT2D eigenvalue weighted by Crippen LogP contribution is -2.19. The van der Waals surface area contributed by atoms with Gasteiger partial charge >= 0.3 is 0 Å². The summed E-state index contributed by atoms with van der Waals surface area (Å²) in [6, 6.07) is 6.62. The second kappa shape index (κ2) is 2.90. The molecule has 66 valence electrons. The van der Waals surface area contributed by atoms with E-state index >= 15 is 0 Å². The monoisotopic (exact) mass is 176 g/mol. The summed E-state index contributed by atoms with van der Waals surface area (Å²) in [6.07, 6.45) is 1.82. The molecule has 0 saturated carbocycles. The molecule has 1 aromatic rings. The van der Waals surface area contributed by atoms with Crippen LogP contribution in [0, 0.1) is 0 Å². The second-order valence-corrected chi connectivity index (χ2v) is 2.70. The van der Waals surface area contributed by atoms with Crippen molar-refractivity contribution in [2.75, 3.05) is 5.01 Å². The standard InChI is InChI=1S/C9H8N2O2/c12-8-4-2-1-3-7(8)11-9(13)5-6-10-11/h1-4,6,12H,5H2. The van der Waals surface area contributed by atoms with Crippen LogP contribution in [-0.2, 0) is 4.79 Å². The van der Waals surface area contributed by atoms with Crippen LogP contribution >= 0.6 is 0 Å². The van der Waals surface area contributed by atoms with E-state index < -0.39 is 0 Å². The number of nitrogens with zero attached hydrogens (tertiary/aromatic N) is 2. The van der Waals surface area contributed by atoms with Crippen LogP contribution in [0.25, 0.3) is 0 Å². The third-order valence-corrected chi connectivity index (χ3v) is 1.81. The van der Waals surface area contributed by atoms with Crippen LogP contribution in [0.4, 0.5) is 5.69 Å². The Morgan fingerprint density at radius 2 is 2.15 bits per heavy atom. The molecule has 0 aliphatic carbocycles. The van der Waals surface area contributed by atoms with Crippen LogP contribution < -0.4 is 5.01 Å². The molecule has 0 atom stereocenters. The first-order valence-electron chi connectivity index (χ1n) is 3.92. The van der Waals surface area contributed by atoms with Crippen LogP contribution in [-0.4, -0.2) is 17.2 Å². The van der Waals surface area contributed by atoms with E-state index in [2.05, 4.69) is 5.10 Å². The van der Waals surface area contributed by atoms with E-state index in [0.717, 1.165) is 0 Å². The van der Waals surface area contributed by atoms with Crippen molar-refractivity contribution in [3.05, 3.63) is 24.3 Å². The van der Waals surface area contributed by atoms with Crippen molar-refractivity contribution >= 4 is 17.8 Å². The van der Waals surface area contributed by atoms with Crippen LogP contribution in [0.15, 0.2) is 29.4 Å². The van der Waals surface area contributed by atoms with Gasteiger partial charge in [-0.25, -0.2) is 0 Å². The average Bonchev–Trinajstić information content (AvgIpc) is 2.52. The van der Waals surface area contributed by atoms with Crippen LogP contribution in [0.1, 0.15) is 6.42 Å². The number of aromatic hydroxyl groups is 1. The zero-order chi connectivity index (χ0) is 9.26. The molecule has 0 saturated heterocycles. The minimum atomic E-state index is -0.124. The highest BCUT2D eigenvalue weighted by molar-refractivity contribution is 6.06. The summed E-state index contributed by atoms with van der Waals surface area (Å²) in [5, 5.41) is 14.5. The number of hydrazone groups is 1. The fraction of sp³-hybridized carbons (Fsp3) is 0.111. The number of benzene rings is 1. The van der Waals surface area contributed by atoms with Gasteiger partial charge in [0, 0.05) is 6.21 Å². The van der Waals surface area contributed by atoms with Crippen molar-refractivity contribution in [1.29, 1.82) is 0 Å². The predicted octanol–water partition coefficient (Wildman–Crippen LogP) is 1.11. The molecule has 2 rings (SSSR count). The van der Waals surface area contributed by atoms with Crippen LogP contribution in [0.3, 0.4) is 0 Å². The van der Waals surface area contributed by atoms with Crippen LogP contribution in [0.5, 0.6) is 5.75 Å². The Morgan fingerprint density at radius 1 is 1.38 bits per heavy atom. The van der Waals surface area contributed by atoms with E-state index in [0.29, 0.717) is 12.1 Å². The Balaban J connectivity index is 2.40. The molecule has 1 aromatic carbocycles. The fourth-order valence-corrected chi connectivity index (χ4v) is 1.19. The topological polar surface area (TPSA) is 52.9 Å². The fourth-order valence-electron chi connectivity index (χ4n) is 1.19. The summed E-state index contributed by atoms with van der Waals surface area (Å²) in [6.45, 7) is 0. The summed E-state index contributed by atoms with van der Waals surface area (Å²) in [4.78, 5) is 11.2. The molecule has 1 aliphatic rings. The molecule has 4 nitrogen and oxygen atoms in total. The summed E-state index contributed by atoms with van der Waals surface area (Å²) in [5.74, 6) is -0.0589. The van der Waals surface area contributed by atoms with Gasteiger partial charge in [-0.1, -0.05) is 12.1 Å². The Bertz CT molecular complexity index is 374. The highest BCUT2D eigenvalue weighted by Gasteiger charge is 2.20. The maximum Gasteiger partial charge on any atom is 0.252 e. The number of anilines is 1. The molecule has 0 bridgehead atoms. The smallest absolute Gasteiger partial charge is 0.252 e. The van der Waals surface area contributed by atoms with E-state index in [4.69, 9.17) is 0 Å². The first-order valence-corrected chi connectivity index (χ1v) is 3.92. The van der Waals surface area contributed by atoms with Gasteiger partial charge in [-0.15, -0.1) is 0 Å². The molecule has 1 amide bonds. The zero-order valence-electron chi connectivity index (χ0n) is 6.84. The maximum absolute atomic E-state index is 11.2. The zero-order valence-corrected chi connectivity index (χ0v) is 6.84. The Morgan fingerprint density at radius 3 is 2.77 bits per heavy atom. The molecule has 0 fully saturated rings. The number of phenols is 1. The Kier molecular flexibility index (Phi) is 1.73. The van der Waals surface area contributed by atoms with Gasteiger partial charge in [-0.05, 0) is 12.1 Å². The quantitative estimate of drug-likeness (QED) is 0.696. The molecular weight excluding hydrogens is 168 g/mol. The molecule has 4 heteroatoms. The second-order valence-electron chi connectivity index (χ2n) is 2.70. The highest BCUT2D eigenvalue weighted by Crippen LogP contribution is 2.28. The number of hydrogen-bond acceptors (Lipinski definition) is 3. The summed E-state index contributed by atoms with van der Waals surface area (Å²) in [7, 11) is 0. The van der Waals surface area contributed by atoms with E-state index in [1.807, 2.05) is 0 Å². The molecule has 1 heterocycles. The number of para-hydroxylation sites is 2. The minimum absolute atomic E-state index is 0.0647. The van der Waals surface area contributed by atoms with Gasteiger partial charge in [0.2, 0.25) is 0 Å². The summed E-state index contributed by atoms with van der Waals surface area (Å²) < 4.78 is 0. The number of hydrogen-bond donors (Lipinski definition) is 1. The Labute approximate surface area is 75.1 Å². The van der Waals surface area contributed by atoms with Crippen molar-refractivity contribution in [3.8, 4) is 5.75 Å². The van der Waals surface area contributed by atoms with Crippen molar-refractivity contribution in [3.63, 3.8) is 0 Å². The molecule has 0 radical (unpaired) electrons. The molecule has 1 aliphatic heterocycles. The number of amides is 1. The van der Waals surface area contributed by atoms with Crippen LogP contribution in [0.2, 0.25) is 0 Å². The first kappa shape index (κ1) is 7.79. The lowest BCUT2D eigenvalue weighted by molar-refractivity contribution is -0.116. The van der Waals surface area contributed by atoms with Crippen molar-refractivity contribution in [2.45, 2.75) is 6.42 Å². The normalized spacial score (nSPS) is 15.4. The van der Waals surface area contributed by atoms with Gasteiger partial charge in [0.1, 0.15) is 11.4 Å². The Hall–Kier alpha value is -1.84. The first-order chi connectivity index (χ1) is 6.29. The molecule has 1 N–H and O–H groups in total. The van der Waals surface area contributed by atoms with Gasteiger partial charge in [0.05, 0.1) is 6.42 Å². The third-order valence-electron chi connectivity index (χ3n) is 1.81. The van der Waals surface area contributed by atoms with Crippen molar-refractivity contribution in [2.24, 2.45) is 5.10 Å². The van der Waals surface area contributed by atoms with E-state index in [1.165, 1.54) is 17.3 Å². The predicted molar refractivity (Wildman–Crippen MR) is 48.7 cm³/mol. The minimum Gasteiger partial charge on any atom is -0.506 e. The molecule has 0 unspecified atom stereocenters. The SMILES string of the molecule is O=C1CC=NN1c1ccccc1O. The van der Waals surface area contributed by atoms with Gasteiger partial charge in [-0.3, -0.25) is 4.79 Å². The van der Waals surface area contributed by atoms with Gasteiger partial charge in [0.25, 0.3) is 5.91 Å². The number of phenolic OH excluding ortho intramolecular Hbond substituents is 1. The van der Waals surface area contributed by atoms with Gasteiger partial charge in [-0.2, -0.15) is 10.1 Å². The number of carbonyl (C=O) groups is 1. The van der Waals surface area contributed by atoms with Crippen molar-refractivity contribution < 1.29 is 9.90 Å². The molecule has 13 heavy (non-hydrogen) atoms.